The molecule has 0 saturated carbocycles. The van der Waals surface area contributed by atoms with Crippen LogP contribution in [0.25, 0.3) is 0 Å². The molecule has 0 aliphatic carbocycles. The second kappa shape index (κ2) is 10.8. The Balaban J connectivity index is 2.14. The lowest BCUT2D eigenvalue weighted by Gasteiger charge is -2.33. The molecule has 166 valence electrons. The zero-order valence-corrected chi connectivity index (χ0v) is 17.2. The smallest absolute Gasteiger partial charge is 0.322 e. The van der Waals surface area contributed by atoms with Crippen LogP contribution in [0.3, 0.4) is 0 Å². The quantitative estimate of drug-likeness (QED) is 0.427. The topological polar surface area (TPSA) is 143 Å². The number of carbonyl (C=O) groups excluding carboxylic acids is 2. The summed E-state index contributed by atoms with van der Waals surface area (Å²) in [6.45, 7) is 4.77. The first-order chi connectivity index (χ1) is 14.1. The Labute approximate surface area is 174 Å². The Morgan fingerprint density at radius 2 is 2.00 bits per heavy atom. The average molecular weight is 424 g/mol. The van der Waals surface area contributed by atoms with Crippen LogP contribution in [0.5, 0.6) is 5.75 Å². The molecule has 1 aromatic carbocycles. The Kier molecular flexibility index (Phi) is 8.43. The summed E-state index contributed by atoms with van der Waals surface area (Å²) in [5, 5.41) is 24.3. The minimum Gasteiger partial charge on any atom is -0.480 e. The van der Waals surface area contributed by atoms with Crippen molar-refractivity contribution in [2.75, 3.05) is 11.9 Å². The molecule has 0 spiro atoms. The van der Waals surface area contributed by atoms with Gasteiger partial charge in [-0.25, -0.2) is 0 Å². The van der Waals surface area contributed by atoms with Gasteiger partial charge in [-0.05, 0) is 31.5 Å². The molecule has 0 radical (unpaired) electrons. The van der Waals surface area contributed by atoms with E-state index in [0.29, 0.717) is 17.0 Å². The van der Waals surface area contributed by atoms with Crippen LogP contribution in [0, 0.1) is 0 Å². The number of rotatable bonds is 9. The molecule has 10 heteroatoms. The summed E-state index contributed by atoms with van der Waals surface area (Å²) >= 11 is 0. The normalized spacial score (nSPS) is 21.0. The maximum atomic E-state index is 12.1. The lowest BCUT2D eigenvalue weighted by Crippen LogP contribution is -2.47. The van der Waals surface area contributed by atoms with Gasteiger partial charge in [-0.2, -0.15) is 0 Å². The molecule has 1 amide bonds. The molecular formula is C20H28N2O8. The number of ether oxygens (including phenoxy) is 3. The van der Waals surface area contributed by atoms with Crippen molar-refractivity contribution in [1.82, 2.24) is 5.32 Å². The molecule has 10 nitrogen and oxygen atoms in total. The molecule has 0 bridgehead atoms. The van der Waals surface area contributed by atoms with E-state index in [9.17, 15) is 19.5 Å². The third-order valence-corrected chi connectivity index (χ3v) is 4.16. The number of aliphatic hydroxyl groups is 1. The van der Waals surface area contributed by atoms with Gasteiger partial charge in [-0.15, -0.1) is 0 Å². The first-order valence-electron chi connectivity index (χ1n) is 9.66. The average Bonchev–Trinajstić information content (AvgIpc) is 2.65. The molecule has 3 atom stereocenters. The highest BCUT2D eigenvalue weighted by atomic mass is 16.7. The predicted octanol–water partition coefficient (Wildman–Crippen LogP) is 1.02. The molecule has 1 aliphatic heterocycles. The zero-order chi connectivity index (χ0) is 22.3. The van der Waals surface area contributed by atoms with Crippen molar-refractivity contribution in [2.24, 2.45) is 0 Å². The fourth-order valence-corrected chi connectivity index (χ4v) is 2.89. The molecular weight excluding hydrogens is 396 g/mol. The van der Waals surface area contributed by atoms with Gasteiger partial charge >= 0.3 is 11.9 Å². The van der Waals surface area contributed by atoms with E-state index in [2.05, 4.69) is 10.6 Å². The van der Waals surface area contributed by atoms with Gasteiger partial charge in [-0.1, -0.05) is 6.07 Å². The van der Waals surface area contributed by atoms with Gasteiger partial charge in [0.2, 0.25) is 12.2 Å². The number of nitrogens with one attached hydrogen (secondary N) is 2. The first-order valence-corrected chi connectivity index (χ1v) is 9.66. The van der Waals surface area contributed by atoms with Crippen LogP contribution in [0.4, 0.5) is 5.69 Å². The number of carboxylic acids is 1. The highest BCUT2D eigenvalue weighted by Gasteiger charge is 2.34. The van der Waals surface area contributed by atoms with Gasteiger partial charge in [0.1, 0.15) is 25.0 Å². The number of esters is 1. The highest BCUT2D eigenvalue weighted by molar-refractivity contribution is 5.84. The Morgan fingerprint density at radius 1 is 1.27 bits per heavy atom. The molecule has 2 rings (SSSR count). The second-order valence-electron chi connectivity index (χ2n) is 7.32. The molecule has 4 N–H and O–H groups in total. The summed E-state index contributed by atoms with van der Waals surface area (Å²) in [7, 11) is 0. The first kappa shape index (κ1) is 23.4. The van der Waals surface area contributed by atoms with Gasteiger partial charge < -0.3 is 35.1 Å². The molecule has 1 heterocycles. The maximum absolute atomic E-state index is 12.1. The van der Waals surface area contributed by atoms with E-state index in [1.165, 1.54) is 6.92 Å². The fourth-order valence-electron chi connectivity index (χ4n) is 2.89. The monoisotopic (exact) mass is 424 g/mol. The SMILES string of the molecule is CC(=O)OCc1ccc(NC(C)C)c(OC2CC(O)CC(C(=O)NCC(=O)O)O2)c1. The number of carbonyl (C=O) groups is 3. The standard InChI is InChI=1S/C20H28N2O8/c1-11(2)22-15-5-4-13(10-28-12(3)23)6-16(15)29-19-8-14(24)7-17(30-19)20(27)21-9-18(25)26/h4-6,11,14,17,19,22,24H,7-10H2,1-3H3,(H,21,27)(H,25,26). The molecule has 1 aromatic rings. The Hall–Kier alpha value is -2.85. The molecule has 3 unspecified atom stereocenters. The van der Waals surface area contributed by atoms with Crippen molar-refractivity contribution in [3.05, 3.63) is 23.8 Å². The van der Waals surface area contributed by atoms with Crippen LogP contribution < -0.4 is 15.4 Å². The summed E-state index contributed by atoms with van der Waals surface area (Å²) in [4.78, 5) is 33.9. The fraction of sp³-hybridized carbons (Fsp3) is 0.550. The van der Waals surface area contributed by atoms with Crippen molar-refractivity contribution < 1.29 is 38.8 Å². The van der Waals surface area contributed by atoms with Crippen LogP contribution in [0.15, 0.2) is 18.2 Å². The Bertz CT molecular complexity index is 767. The summed E-state index contributed by atoms with van der Waals surface area (Å²) < 4.78 is 16.6. The molecule has 1 saturated heterocycles. The van der Waals surface area contributed by atoms with Crippen LogP contribution >= 0.6 is 0 Å². The minimum absolute atomic E-state index is 0.0366. The van der Waals surface area contributed by atoms with E-state index in [0.717, 1.165) is 0 Å². The van der Waals surface area contributed by atoms with Crippen molar-refractivity contribution >= 4 is 23.5 Å². The summed E-state index contributed by atoms with van der Waals surface area (Å²) in [6, 6.07) is 5.38. The second-order valence-corrected chi connectivity index (χ2v) is 7.32. The van der Waals surface area contributed by atoms with E-state index in [1.807, 2.05) is 13.8 Å². The lowest BCUT2D eigenvalue weighted by molar-refractivity contribution is -0.184. The largest absolute Gasteiger partial charge is 0.480 e. The van der Waals surface area contributed by atoms with Crippen molar-refractivity contribution in [3.8, 4) is 5.75 Å². The van der Waals surface area contributed by atoms with Crippen LogP contribution in [0.2, 0.25) is 0 Å². The third-order valence-electron chi connectivity index (χ3n) is 4.16. The Morgan fingerprint density at radius 3 is 2.63 bits per heavy atom. The third kappa shape index (κ3) is 7.53. The number of hydrogen-bond donors (Lipinski definition) is 4. The predicted molar refractivity (Wildman–Crippen MR) is 106 cm³/mol. The number of benzene rings is 1. The molecule has 30 heavy (non-hydrogen) atoms. The number of hydrogen-bond acceptors (Lipinski definition) is 8. The van der Waals surface area contributed by atoms with Crippen molar-refractivity contribution in [3.63, 3.8) is 0 Å². The van der Waals surface area contributed by atoms with Crippen LogP contribution in [-0.2, 0) is 30.5 Å². The van der Waals surface area contributed by atoms with Crippen LogP contribution in [-0.4, -0.2) is 59.1 Å². The summed E-state index contributed by atoms with van der Waals surface area (Å²) in [6.07, 6.45) is -2.64. The molecule has 1 fully saturated rings. The van der Waals surface area contributed by atoms with Crippen LogP contribution in [0.1, 0.15) is 39.2 Å². The summed E-state index contributed by atoms with van der Waals surface area (Å²) in [5.74, 6) is -1.80. The van der Waals surface area contributed by atoms with Crippen molar-refractivity contribution in [2.45, 2.75) is 64.8 Å². The van der Waals surface area contributed by atoms with E-state index in [4.69, 9.17) is 19.3 Å². The highest BCUT2D eigenvalue weighted by Crippen LogP contribution is 2.31. The van der Waals surface area contributed by atoms with E-state index < -0.39 is 42.9 Å². The number of amides is 1. The van der Waals surface area contributed by atoms with Gasteiger partial charge in [0.15, 0.2) is 0 Å². The number of carboxylic acid groups (broad SMARTS) is 1. The number of anilines is 1. The van der Waals surface area contributed by atoms with Gasteiger partial charge in [0, 0.05) is 25.8 Å². The lowest BCUT2D eigenvalue weighted by atomic mass is 10.0. The van der Waals surface area contributed by atoms with E-state index >= 15 is 0 Å². The molecule has 0 aromatic heterocycles. The van der Waals surface area contributed by atoms with Gasteiger partial charge in [-0.3, -0.25) is 14.4 Å². The van der Waals surface area contributed by atoms with E-state index in [-0.39, 0.29) is 25.5 Å². The van der Waals surface area contributed by atoms with Gasteiger partial charge in [0.25, 0.3) is 0 Å². The zero-order valence-electron chi connectivity index (χ0n) is 17.2. The number of aliphatic hydroxyl groups excluding tert-OH is 1. The number of aliphatic carboxylic acids is 1. The van der Waals surface area contributed by atoms with Crippen molar-refractivity contribution in [1.29, 1.82) is 0 Å². The molecule has 1 aliphatic rings. The summed E-state index contributed by atoms with van der Waals surface area (Å²) in [5.41, 5.74) is 1.37. The van der Waals surface area contributed by atoms with E-state index in [1.54, 1.807) is 18.2 Å². The van der Waals surface area contributed by atoms with Gasteiger partial charge in [0.05, 0.1) is 11.8 Å². The maximum Gasteiger partial charge on any atom is 0.322 e. The minimum atomic E-state index is -1.18.